The number of fused-ring (bicyclic) bond motifs is 1. The molecule has 6 nitrogen and oxygen atoms in total. The van der Waals surface area contributed by atoms with Crippen molar-refractivity contribution in [2.24, 2.45) is 0 Å². The van der Waals surface area contributed by atoms with Crippen molar-refractivity contribution in [3.8, 4) is 0 Å². The van der Waals surface area contributed by atoms with Crippen molar-refractivity contribution < 1.29 is 9.59 Å². The summed E-state index contributed by atoms with van der Waals surface area (Å²) < 4.78 is 0. The lowest BCUT2D eigenvalue weighted by Gasteiger charge is -2.08. The van der Waals surface area contributed by atoms with Gasteiger partial charge in [0.2, 0.25) is 5.91 Å². The lowest BCUT2D eigenvalue weighted by Crippen LogP contribution is -2.20. The second-order valence-electron chi connectivity index (χ2n) is 6.07. The molecule has 3 aromatic rings. The van der Waals surface area contributed by atoms with Crippen molar-refractivity contribution in [1.82, 2.24) is 9.97 Å². The van der Waals surface area contributed by atoms with E-state index in [0.717, 1.165) is 29.0 Å². The first kappa shape index (κ1) is 16.9. The van der Waals surface area contributed by atoms with E-state index in [1.165, 1.54) is 22.7 Å². The molecule has 26 heavy (non-hydrogen) atoms. The molecule has 1 aromatic carbocycles. The fourth-order valence-electron chi connectivity index (χ4n) is 2.89. The largest absolute Gasteiger partial charge is 0.301 e. The smallest absolute Gasteiger partial charge is 0.257 e. The Labute approximate surface area is 158 Å². The van der Waals surface area contributed by atoms with Gasteiger partial charge in [0.15, 0.2) is 10.3 Å². The standard InChI is InChI=1S/C18H16N4O2S2/c1-10-2-4-11(5-3-10)15(23)21-18-20-14-12(6-7-13(14)26-18)16(24)22-17-19-8-9-25-17/h2-5,8-9,12H,6-7H2,1H3,(H,19,22,24)(H,20,21,23). The van der Waals surface area contributed by atoms with Crippen molar-refractivity contribution in [1.29, 1.82) is 0 Å². The van der Waals surface area contributed by atoms with E-state index in [1.807, 2.05) is 24.4 Å². The molecule has 1 aliphatic rings. The number of aromatic nitrogens is 2. The van der Waals surface area contributed by atoms with Crippen LogP contribution in [0.1, 0.15) is 38.8 Å². The summed E-state index contributed by atoms with van der Waals surface area (Å²) in [6.07, 6.45) is 3.18. The number of hydrogen-bond acceptors (Lipinski definition) is 6. The number of hydrogen-bond donors (Lipinski definition) is 2. The number of carbonyl (C=O) groups is 2. The van der Waals surface area contributed by atoms with Crippen molar-refractivity contribution in [2.75, 3.05) is 10.6 Å². The fourth-order valence-corrected chi connectivity index (χ4v) is 4.45. The molecule has 2 heterocycles. The number of benzene rings is 1. The van der Waals surface area contributed by atoms with Crippen LogP contribution in [0.4, 0.5) is 10.3 Å². The molecule has 1 unspecified atom stereocenters. The van der Waals surface area contributed by atoms with Gasteiger partial charge in [-0.3, -0.25) is 14.9 Å². The molecule has 0 bridgehead atoms. The summed E-state index contributed by atoms with van der Waals surface area (Å²) >= 11 is 2.83. The highest BCUT2D eigenvalue weighted by molar-refractivity contribution is 7.16. The Balaban J connectivity index is 1.47. The highest BCUT2D eigenvalue weighted by atomic mass is 32.1. The van der Waals surface area contributed by atoms with E-state index in [1.54, 1.807) is 18.3 Å². The average molecular weight is 384 g/mol. The van der Waals surface area contributed by atoms with Gasteiger partial charge in [-0.05, 0) is 31.9 Å². The maximum absolute atomic E-state index is 12.5. The summed E-state index contributed by atoms with van der Waals surface area (Å²) in [4.78, 5) is 34.5. The summed E-state index contributed by atoms with van der Waals surface area (Å²) in [6, 6.07) is 7.37. The van der Waals surface area contributed by atoms with Gasteiger partial charge in [0, 0.05) is 22.0 Å². The molecule has 2 amide bonds. The Morgan fingerprint density at radius 3 is 2.69 bits per heavy atom. The molecule has 8 heteroatoms. The van der Waals surface area contributed by atoms with Crippen LogP contribution < -0.4 is 10.6 Å². The lowest BCUT2D eigenvalue weighted by molar-refractivity contribution is -0.117. The monoisotopic (exact) mass is 384 g/mol. The second-order valence-corrected chi connectivity index (χ2v) is 8.04. The zero-order valence-corrected chi connectivity index (χ0v) is 15.6. The van der Waals surface area contributed by atoms with Crippen LogP contribution in [0.25, 0.3) is 0 Å². The van der Waals surface area contributed by atoms with Crippen molar-refractivity contribution in [2.45, 2.75) is 25.7 Å². The van der Waals surface area contributed by atoms with E-state index < -0.39 is 0 Å². The molecule has 1 aliphatic carbocycles. The van der Waals surface area contributed by atoms with Crippen LogP contribution in [-0.4, -0.2) is 21.8 Å². The van der Waals surface area contributed by atoms with Gasteiger partial charge < -0.3 is 5.32 Å². The molecule has 2 N–H and O–H groups in total. The van der Waals surface area contributed by atoms with Crippen LogP contribution in [0.5, 0.6) is 0 Å². The van der Waals surface area contributed by atoms with E-state index in [2.05, 4.69) is 20.6 Å². The number of thiazole rings is 2. The number of nitrogens with one attached hydrogen (secondary N) is 2. The van der Waals surface area contributed by atoms with E-state index >= 15 is 0 Å². The molecule has 132 valence electrons. The maximum atomic E-state index is 12.5. The number of carbonyl (C=O) groups excluding carboxylic acids is 2. The third-order valence-corrected chi connectivity index (χ3v) is 5.97. The SMILES string of the molecule is Cc1ccc(C(=O)Nc2nc3c(s2)CCC3C(=O)Nc2nccs2)cc1. The Morgan fingerprint density at radius 2 is 1.96 bits per heavy atom. The summed E-state index contributed by atoms with van der Waals surface area (Å²) in [5.41, 5.74) is 2.45. The Hall–Kier alpha value is -2.58. The zero-order chi connectivity index (χ0) is 18.1. The average Bonchev–Trinajstić information content (AvgIpc) is 3.32. The maximum Gasteiger partial charge on any atom is 0.257 e. The van der Waals surface area contributed by atoms with E-state index in [0.29, 0.717) is 15.8 Å². The summed E-state index contributed by atoms with van der Waals surface area (Å²) in [6.45, 7) is 1.98. The van der Waals surface area contributed by atoms with E-state index in [-0.39, 0.29) is 17.7 Å². The molecule has 1 atom stereocenters. The fraction of sp³-hybridized carbons (Fsp3) is 0.222. The molecule has 2 aromatic heterocycles. The highest BCUT2D eigenvalue weighted by Gasteiger charge is 2.33. The number of amides is 2. The lowest BCUT2D eigenvalue weighted by atomic mass is 10.1. The predicted molar refractivity (Wildman–Crippen MR) is 103 cm³/mol. The van der Waals surface area contributed by atoms with Gasteiger partial charge in [0.25, 0.3) is 5.91 Å². The molecule has 0 fully saturated rings. The van der Waals surface area contributed by atoms with E-state index in [4.69, 9.17) is 0 Å². The molecule has 4 rings (SSSR count). The molecule has 0 saturated heterocycles. The van der Waals surface area contributed by atoms with Gasteiger partial charge in [-0.15, -0.1) is 22.7 Å². The molecule has 0 radical (unpaired) electrons. The van der Waals surface area contributed by atoms with Gasteiger partial charge in [0.05, 0.1) is 11.6 Å². The van der Waals surface area contributed by atoms with Gasteiger partial charge >= 0.3 is 0 Å². The predicted octanol–water partition coefficient (Wildman–Crippen LogP) is 3.83. The van der Waals surface area contributed by atoms with Crippen LogP contribution >= 0.6 is 22.7 Å². The number of rotatable bonds is 4. The first-order valence-electron chi connectivity index (χ1n) is 8.18. The first-order valence-corrected chi connectivity index (χ1v) is 9.88. The third kappa shape index (κ3) is 3.38. The van der Waals surface area contributed by atoms with Gasteiger partial charge in [-0.25, -0.2) is 9.97 Å². The minimum absolute atomic E-state index is 0.0968. The zero-order valence-electron chi connectivity index (χ0n) is 14.0. The summed E-state index contributed by atoms with van der Waals surface area (Å²) in [7, 11) is 0. The highest BCUT2D eigenvalue weighted by Crippen LogP contribution is 2.39. The normalized spacial score (nSPS) is 15.5. The first-order chi connectivity index (χ1) is 12.6. The van der Waals surface area contributed by atoms with Gasteiger partial charge in [-0.2, -0.15) is 0 Å². The topological polar surface area (TPSA) is 84.0 Å². The van der Waals surface area contributed by atoms with Crippen LogP contribution in [-0.2, 0) is 11.2 Å². The van der Waals surface area contributed by atoms with Crippen molar-refractivity contribution in [3.63, 3.8) is 0 Å². The Bertz CT molecular complexity index is 948. The quantitative estimate of drug-likeness (QED) is 0.716. The van der Waals surface area contributed by atoms with Gasteiger partial charge in [0.1, 0.15) is 0 Å². The number of aryl methyl sites for hydroxylation is 2. The molecular weight excluding hydrogens is 368 g/mol. The minimum Gasteiger partial charge on any atom is -0.301 e. The molecule has 0 aliphatic heterocycles. The Kier molecular flexibility index (Phi) is 4.52. The van der Waals surface area contributed by atoms with Gasteiger partial charge in [-0.1, -0.05) is 17.7 Å². The van der Waals surface area contributed by atoms with Crippen LogP contribution in [0.15, 0.2) is 35.8 Å². The summed E-state index contributed by atoms with van der Waals surface area (Å²) in [5, 5.41) is 8.61. The van der Waals surface area contributed by atoms with Crippen LogP contribution in [0.3, 0.4) is 0 Å². The molecular formula is C18H16N4O2S2. The van der Waals surface area contributed by atoms with Crippen molar-refractivity contribution >= 4 is 44.8 Å². The number of nitrogens with zero attached hydrogens (tertiary/aromatic N) is 2. The second kappa shape index (κ2) is 6.97. The number of anilines is 2. The molecule has 0 spiro atoms. The van der Waals surface area contributed by atoms with E-state index in [9.17, 15) is 9.59 Å². The van der Waals surface area contributed by atoms with Crippen LogP contribution in [0, 0.1) is 6.92 Å². The summed E-state index contributed by atoms with van der Waals surface area (Å²) in [5.74, 6) is -0.586. The minimum atomic E-state index is -0.296. The van der Waals surface area contributed by atoms with Crippen LogP contribution in [0.2, 0.25) is 0 Å². The van der Waals surface area contributed by atoms with Crippen molar-refractivity contribution in [3.05, 3.63) is 57.5 Å². The third-order valence-electron chi connectivity index (χ3n) is 4.23. The Morgan fingerprint density at radius 1 is 1.15 bits per heavy atom. The molecule has 0 saturated carbocycles.